The van der Waals surface area contributed by atoms with E-state index in [2.05, 4.69) is 0 Å². The van der Waals surface area contributed by atoms with Crippen LogP contribution >= 0.6 is 11.6 Å². The summed E-state index contributed by atoms with van der Waals surface area (Å²) >= 11 is 5.80. The second kappa shape index (κ2) is 7.23. The van der Waals surface area contributed by atoms with Crippen molar-refractivity contribution in [3.8, 4) is 0 Å². The van der Waals surface area contributed by atoms with Crippen LogP contribution in [0.5, 0.6) is 0 Å². The zero-order chi connectivity index (χ0) is 18.0. The molecule has 0 radical (unpaired) electrons. The van der Waals surface area contributed by atoms with Gasteiger partial charge in [-0.25, -0.2) is 4.39 Å². The highest BCUT2D eigenvalue weighted by atomic mass is 35.5. The zero-order valence-corrected chi connectivity index (χ0v) is 14.6. The van der Waals surface area contributed by atoms with E-state index in [1.54, 1.807) is 4.90 Å². The van der Waals surface area contributed by atoms with E-state index in [-0.39, 0.29) is 29.8 Å². The van der Waals surface area contributed by atoms with Crippen LogP contribution in [0, 0.1) is 5.82 Å². The van der Waals surface area contributed by atoms with Gasteiger partial charge < -0.3 is 9.80 Å². The lowest BCUT2D eigenvalue weighted by Crippen LogP contribution is -2.35. The normalized spacial score (nSPS) is 12.8. The van der Waals surface area contributed by atoms with Crippen molar-refractivity contribution in [1.82, 2.24) is 0 Å². The predicted molar refractivity (Wildman–Crippen MR) is 96.6 cm³/mol. The van der Waals surface area contributed by atoms with Gasteiger partial charge in [0.1, 0.15) is 5.82 Å². The summed E-state index contributed by atoms with van der Waals surface area (Å²) in [6.45, 7) is 2.28. The monoisotopic (exact) mass is 360 g/mol. The van der Waals surface area contributed by atoms with E-state index in [1.165, 1.54) is 30.0 Å². The van der Waals surface area contributed by atoms with Crippen molar-refractivity contribution >= 4 is 34.8 Å². The Hall–Kier alpha value is -2.40. The molecule has 0 spiro atoms. The minimum Gasteiger partial charge on any atom is -0.312 e. The first-order valence-corrected chi connectivity index (χ1v) is 8.46. The number of benzene rings is 2. The smallest absolute Gasteiger partial charge is 0.228 e. The van der Waals surface area contributed by atoms with E-state index in [0.717, 1.165) is 17.7 Å². The van der Waals surface area contributed by atoms with Crippen LogP contribution in [-0.4, -0.2) is 24.9 Å². The van der Waals surface area contributed by atoms with Gasteiger partial charge in [-0.2, -0.15) is 0 Å². The fraction of sp³-hybridized carbons (Fsp3) is 0.263. The number of para-hydroxylation sites is 1. The zero-order valence-electron chi connectivity index (χ0n) is 13.8. The number of carbonyl (C=O) groups excluding carboxylic acids is 2. The van der Waals surface area contributed by atoms with Crippen LogP contribution in [0.1, 0.15) is 18.9 Å². The lowest BCUT2D eigenvalue weighted by atomic mass is 10.2. The summed E-state index contributed by atoms with van der Waals surface area (Å²) in [5.41, 5.74) is 2.57. The molecule has 0 bridgehead atoms. The second-order valence-corrected chi connectivity index (χ2v) is 6.35. The summed E-state index contributed by atoms with van der Waals surface area (Å²) in [7, 11) is 0. The minimum absolute atomic E-state index is 0.0376. The molecular formula is C19H18ClFN2O2. The number of hydrogen-bond acceptors (Lipinski definition) is 2. The van der Waals surface area contributed by atoms with Crippen molar-refractivity contribution in [3.05, 3.63) is 58.9 Å². The lowest BCUT2D eigenvalue weighted by Gasteiger charge is -2.23. The largest absolute Gasteiger partial charge is 0.312 e. The molecule has 0 saturated carbocycles. The Bertz CT molecular complexity index is 825. The summed E-state index contributed by atoms with van der Waals surface area (Å²) in [6.07, 6.45) is 1.02. The van der Waals surface area contributed by atoms with Crippen LogP contribution in [-0.2, 0) is 16.0 Å². The van der Waals surface area contributed by atoms with E-state index in [0.29, 0.717) is 12.2 Å². The van der Waals surface area contributed by atoms with Crippen LogP contribution in [0.15, 0.2) is 42.5 Å². The molecule has 0 aromatic heterocycles. The minimum atomic E-state index is -0.543. The van der Waals surface area contributed by atoms with Crippen molar-refractivity contribution in [3.63, 3.8) is 0 Å². The highest BCUT2D eigenvalue weighted by molar-refractivity contribution is 6.31. The summed E-state index contributed by atoms with van der Waals surface area (Å²) in [5.74, 6) is -0.805. The fourth-order valence-electron chi connectivity index (χ4n) is 3.06. The summed E-state index contributed by atoms with van der Waals surface area (Å²) in [4.78, 5) is 27.7. The predicted octanol–water partition coefficient (Wildman–Crippen LogP) is 3.81. The molecule has 25 heavy (non-hydrogen) atoms. The molecule has 0 saturated heterocycles. The summed E-state index contributed by atoms with van der Waals surface area (Å²) in [6, 6.07) is 11.9. The quantitative estimate of drug-likeness (QED) is 0.831. The number of halogens is 2. The third kappa shape index (κ3) is 3.66. The maximum absolute atomic E-state index is 13.3. The maximum atomic E-state index is 13.3. The second-order valence-electron chi connectivity index (χ2n) is 5.94. The highest BCUT2D eigenvalue weighted by Gasteiger charge is 2.25. The van der Waals surface area contributed by atoms with Gasteiger partial charge in [-0.05, 0) is 36.2 Å². The number of anilines is 2. The third-order valence-electron chi connectivity index (χ3n) is 4.33. The van der Waals surface area contributed by atoms with Crippen LogP contribution in [0.3, 0.4) is 0 Å². The molecule has 6 heteroatoms. The van der Waals surface area contributed by atoms with Gasteiger partial charge in [0.2, 0.25) is 11.8 Å². The molecule has 4 nitrogen and oxygen atoms in total. The van der Waals surface area contributed by atoms with E-state index < -0.39 is 5.82 Å². The van der Waals surface area contributed by atoms with E-state index in [4.69, 9.17) is 11.6 Å². The first-order valence-electron chi connectivity index (χ1n) is 8.09. The topological polar surface area (TPSA) is 40.6 Å². The van der Waals surface area contributed by atoms with Crippen LogP contribution in [0.4, 0.5) is 15.8 Å². The molecule has 3 rings (SSSR count). The highest BCUT2D eigenvalue weighted by Crippen LogP contribution is 2.28. The van der Waals surface area contributed by atoms with Crippen molar-refractivity contribution in [1.29, 1.82) is 0 Å². The molecule has 1 aliphatic heterocycles. The summed E-state index contributed by atoms with van der Waals surface area (Å²) in [5, 5.41) is -0.0523. The van der Waals surface area contributed by atoms with Gasteiger partial charge in [0.15, 0.2) is 0 Å². The molecule has 0 unspecified atom stereocenters. The third-order valence-corrected chi connectivity index (χ3v) is 4.62. The average Bonchev–Trinajstić information content (AvgIpc) is 3.02. The lowest BCUT2D eigenvalue weighted by molar-refractivity contribution is -0.118. The van der Waals surface area contributed by atoms with Gasteiger partial charge >= 0.3 is 0 Å². The van der Waals surface area contributed by atoms with Crippen molar-refractivity contribution in [2.24, 2.45) is 0 Å². The number of amides is 2. The molecular weight excluding hydrogens is 343 g/mol. The Morgan fingerprint density at radius 1 is 1.24 bits per heavy atom. The van der Waals surface area contributed by atoms with Gasteiger partial charge in [-0.1, -0.05) is 29.8 Å². The van der Waals surface area contributed by atoms with Gasteiger partial charge in [0.05, 0.1) is 5.02 Å². The molecule has 130 valence electrons. The SMILES string of the molecule is CC(=O)N(CCC(=O)N1CCc2ccccc21)c1ccc(F)c(Cl)c1. The number of carbonyl (C=O) groups is 2. The Morgan fingerprint density at radius 3 is 2.72 bits per heavy atom. The Morgan fingerprint density at radius 2 is 2.00 bits per heavy atom. The molecule has 2 aromatic rings. The van der Waals surface area contributed by atoms with Gasteiger partial charge in [0.25, 0.3) is 0 Å². The standard InChI is InChI=1S/C19H18ClFN2O2/c1-13(24)22(15-6-7-17(21)16(20)12-15)11-9-19(25)23-10-8-14-4-2-3-5-18(14)23/h2-7,12H,8-11H2,1H3. The Kier molecular flexibility index (Phi) is 5.04. The molecule has 0 aliphatic carbocycles. The molecule has 0 N–H and O–H groups in total. The first kappa shape index (κ1) is 17.4. The number of rotatable bonds is 4. The maximum Gasteiger partial charge on any atom is 0.228 e. The number of nitrogens with zero attached hydrogens (tertiary/aromatic N) is 2. The molecule has 1 aliphatic rings. The van der Waals surface area contributed by atoms with E-state index in [9.17, 15) is 14.0 Å². The average molecular weight is 361 g/mol. The number of fused-ring (bicyclic) bond motifs is 1. The van der Waals surface area contributed by atoms with Crippen LogP contribution < -0.4 is 9.80 Å². The van der Waals surface area contributed by atoms with Gasteiger partial charge in [-0.15, -0.1) is 0 Å². The van der Waals surface area contributed by atoms with E-state index >= 15 is 0 Å². The Labute approximate surface area is 150 Å². The van der Waals surface area contributed by atoms with Gasteiger partial charge in [0, 0.05) is 37.8 Å². The van der Waals surface area contributed by atoms with Crippen LogP contribution in [0.25, 0.3) is 0 Å². The fourth-order valence-corrected chi connectivity index (χ4v) is 3.24. The van der Waals surface area contributed by atoms with Crippen molar-refractivity contribution in [2.45, 2.75) is 19.8 Å². The van der Waals surface area contributed by atoms with Gasteiger partial charge in [-0.3, -0.25) is 9.59 Å². The molecule has 0 atom stereocenters. The molecule has 2 amide bonds. The Balaban J connectivity index is 1.71. The molecule has 0 fully saturated rings. The van der Waals surface area contributed by atoms with Crippen molar-refractivity contribution < 1.29 is 14.0 Å². The summed E-state index contributed by atoms with van der Waals surface area (Å²) < 4.78 is 13.3. The van der Waals surface area contributed by atoms with Crippen molar-refractivity contribution in [2.75, 3.05) is 22.9 Å². The molecule has 2 aromatic carbocycles. The first-order chi connectivity index (χ1) is 12.0. The molecule has 1 heterocycles. The van der Waals surface area contributed by atoms with Crippen LogP contribution in [0.2, 0.25) is 5.02 Å². The van der Waals surface area contributed by atoms with E-state index in [1.807, 2.05) is 24.3 Å². The number of hydrogen-bond donors (Lipinski definition) is 0.